The van der Waals surface area contributed by atoms with Crippen LogP contribution in [-0.2, 0) is 17.8 Å². The molecule has 0 aliphatic rings. The van der Waals surface area contributed by atoms with E-state index < -0.39 is 0 Å². The maximum atomic E-state index is 12.0. The predicted molar refractivity (Wildman–Crippen MR) is 120 cm³/mol. The molecule has 0 saturated carbocycles. The second-order valence-electron chi connectivity index (χ2n) is 6.39. The zero-order valence-corrected chi connectivity index (χ0v) is 17.8. The Labute approximate surface area is 185 Å². The number of carbonyl (C=O) groups is 1. The minimum Gasteiger partial charge on any atom is -0.493 e. The summed E-state index contributed by atoms with van der Waals surface area (Å²) in [5.74, 6) is 0.917. The number of hydrogen-bond donors (Lipinski definition) is 1. The van der Waals surface area contributed by atoms with Crippen LogP contribution in [0.4, 0.5) is 0 Å². The molecule has 0 aliphatic heterocycles. The standard InChI is InChI=1S/C23H20Cl2N2O3/c1-29-22-12-17(8-11-21(22)30-15-18-4-2-3-5-20(18)25)14-26-27-23(28)13-16-6-9-19(24)10-7-16/h2-12,14H,13,15H2,1H3,(H,27,28)/b26-14-. The van der Waals surface area contributed by atoms with E-state index in [4.69, 9.17) is 32.7 Å². The van der Waals surface area contributed by atoms with Gasteiger partial charge in [-0.05, 0) is 47.5 Å². The topological polar surface area (TPSA) is 59.9 Å². The molecule has 0 aliphatic carbocycles. The third kappa shape index (κ3) is 6.24. The first-order valence-corrected chi connectivity index (χ1v) is 9.91. The molecule has 0 heterocycles. The smallest absolute Gasteiger partial charge is 0.244 e. The van der Waals surface area contributed by atoms with E-state index in [2.05, 4.69) is 10.5 Å². The largest absolute Gasteiger partial charge is 0.493 e. The summed E-state index contributed by atoms with van der Waals surface area (Å²) < 4.78 is 11.2. The number of nitrogens with one attached hydrogen (secondary N) is 1. The van der Waals surface area contributed by atoms with E-state index in [0.29, 0.717) is 28.2 Å². The van der Waals surface area contributed by atoms with Crippen LogP contribution in [0.5, 0.6) is 11.5 Å². The molecule has 0 unspecified atom stereocenters. The average Bonchev–Trinajstić information content (AvgIpc) is 2.75. The Hall–Kier alpha value is -3.02. The Morgan fingerprint density at radius 2 is 1.80 bits per heavy atom. The first-order chi connectivity index (χ1) is 14.5. The summed E-state index contributed by atoms with van der Waals surface area (Å²) in [4.78, 5) is 12.0. The molecule has 5 nitrogen and oxygen atoms in total. The van der Waals surface area contributed by atoms with Gasteiger partial charge < -0.3 is 9.47 Å². The number of carbonyl (C=O) groups excluding carboxylic acids is 1. The van der Waals surface area contributed by atoms with E-state index in [1.807, 2.05) is 30.3 Å². The Morgan fingerprint density at radius 1 is 1.03 bits per heavy atom. The minimum atomic E-state index is -0.222. The zero-order valence-electron chi connectivity index (χ0n) is 16.3. The summed E-state index contributed by atoms with van der Waals surface area (Å²) in [6.07, 6.45) is 1.76. The lowest BCUT2D eigenvalue weighted by molar-refractivity contribution is -0.120. The van der Waals surface area contributed by atoms with Crippen LogP contribution in [0.1, 0.15) is 16.7 Å². The molecule has 3 aromatic carbocycles. The molecule has 0 fully saturated rings. The van der Waals surface area contributed by atoms with Crippen molar-refractivity contribution in [1.82, 2.24) is 5.43 Å². The predicted octanol–water partition coefficient (Wildman–Crippen LogP) is 5.27. The van der Waals surface area contributed by atoms with Gasteiger partial charge >= 0.3 is 0 Å². The van der Waals surface area contributed by atoms with Gasteiger partial charge in [-0.2, -0.15) is 5.10 Å². The Balaban J connectivity index is 1.57. The van der Waals surface area contributed by atoms with Gasteiger partial charge in [-0.1, -0.05) is 53.5 Å². The Bertz CT molecular complexity index is 1040. The normalized spacial score (nSPS) is 10.8. The highest BCUT2D eigenvalue weighted by molar-refractivity contribution is 6.31. The summed E-state index contributed by atoms with van der Waals surface area (Å²) in [5.41, 5.74) is 5.00. The molecular formula is C23H20Cl2N2O3. The summed E-state index contributed by atoms with van der Waals surface area (Å²) >= 11 is 12.0. The van der Waals surface area contributed by atoms with Crippen molar-refractivity contribution in [2.45, 2.75) is 13.0 Å². The van der Waals surface area contributed by atoms with Gasteiger partial charge in [-0.25, -0.2) is 5.43 Å². The third-order valence-corrected chi connectivity index (χ3v) is 4.83. The molecule has 154 valence electrons. The molecule has 0 spiro atoms. The second kappa shape index (κ2) is 10.7. The van der Waals surface area contributed by atoms with Crippen LogP contribution in [0.2, 0.25) is 10.0 Å². The van der Waals surface area contributed by atoms with E-state index in [-0.39, 0.29) is 12.3 Å². The van der Waals surface area contributed by atoms with Gasteiger partial charge in [0, 0.05) is 15.6 Å². The number of rotatable bonds is 8. The highest BCUT2D eigenvalue weighted by Crippen LogP contribution is 2.29. The van der Waals surface area contributed by atoms with Gasteiger partial charge in [0.05, 0.1) is 19.7 Å². The Morgan fingerprint density at radius 3 is 2.53 bits per heavy atom. The number of halogens is 2. The number of hydrazone groups is 1. The number of nitrogens with zero attached hydrogens (tertiary/aromatic N) is 1. The molecule has 3 rings (SSSR count). The molecule has 30 heavy (non-hydrogen) atoms. The molecule has 0 aromatic heterocycles. The van der Waals surface area contributed by atoms with E-state index >= 15 is 0 Å². The molecule has 1 N–H and O–H groups in total. The van der Waals surface area contributed by atoms with Crippen molar-refractivity contribution in [2.75, 3.05) is 7.11 Å². The second-order valence-corrected chi connectivity index (χ2v) is 7.23. The summed E-state index contributed by atoms with van der Waals surface area (Å²) in [5, 5.41) is 5.28. The van der Waals surface area contributed by atoms with Crippen LogP contribution < -0.4 is 14.9 Å². The van der Waals surface area contributed by atoms with Gasteiger partial charge in [0.2, 0.25) is 5.91 Å². The van der Waals surface area contributed by atoms with Crippen LogP contribution in [-0.4, -0.2) is 19.2 Å². The van der Waals surface area contributed by atoms with Crippen LogP contribution in [0.25, 0.3) is 0 Å². The number of methoxy groups -OCH3 is 1. The third-order valence-electron chi connectivity index (χ3n) is 4.21. The van der Waals surface area contributed by atoms with Crippen LogP contribution >= 0.6 is 23.2 Å². The van der Waals surface area contributed by atoms with Crippen molar-refractivity contribution in [1.29, 1.82) is 0 Å². The molecule has 0 radical (unpaired) electrons. The molecule has 1 amide bonds. The molecule has 3 aromatic rings. The van der Waals surface area contributed by atoms with Crippen molar-refractivity contribution >= 4 is 35.3 Å². The molecule has 0 bridgehead atoms. The highest BCUT2D eigenvalue weighted by Gasteiger charge is 2.07. The summed E-state index contributed by atoms with van der Waals surface area (Å²) in [7, 11) is 1.56. The van der Waals surface area contributed by atoms with Gasteiger partial charge in [0.15, 0.2) is 11.5 Å². The lowest BCUT2D eigenvalue weighted by atomic mass is 10.1. The molecular weight excluding hydrogens is 423 g/mol. The van der Waals surface area contributed by atoms with E-state index in [9.17, 15) is 4.79 Å². The van der Waals surface area contributed by atoms with E-state index in [0.717, 1.165) is 16.7 Å². The summed E-state index contributed by atoms with van der Waals surface area (Å²) in [6.45, 7) is 0.324. The van der Waals surface area contributed by atoms with Crippen molar-refractivity contribution in [2.24, 2.45) is 5.10 Å². The Kier molecular flexibility index (Phi) is 7.71. The maximum absolute atomic E-state index is 12.0. The van der Waals surface area contributed by atoms with Gasteiger partial charge in [0.1, 0.15) is 6.61 Å². The van der Waals surface area contributed by atoms with Crippen LogP contribution in [0, 0.1) is 0 Å². The first kappa shape index (κ1) is 21.7. The van der Waals surface area contributed by atoms with Crippen LogP contribution in [0.3, 0.4) is 0 Å². The molecule has 7 heteroatoms. The number of benzene rings is 3. The molecule has 0 atom stereocenters. The fourth-order valence-corrected chi connectivity index (χ4v) is 2.98. The van der Waals surface area contributed by atoms with Crippen molar-refractivity contribution < 1.29 is 14.3 Å². The SMILES string of the molecule is COc1cc(/C=N\NC(=O)Cc2ccc(Cl)cc2)ccc1OCc1ccccc1Cl. The van der Waals surface area contributed by atoms with Crippen molar-refractivity contribution in [3.63, 3.8) is 0 Å². The lowest BCUT2D eigenvalue weighted by Crippen LogP contribution is -2.19. The maximum Gasteiger partial charge on any atom is 0.244 e. The van der Waals surface area contributed by atoms with E-state index in [1.165, 1.54) is 0 Å². The minimum absolute atomic E-state index is 0.215. The van der Waals surface area contributed by atoms with Crippen molar-refractivity contribution in [3.05, 3.63) is 93.5 Å². The lowest BCUT2D eigenvalue weighted by Gasteiger charge is -2.12. The average molecular weight is 443 g/mol. The molecule has 0 saturated heterocycles. The first-order valence-electron chi connectivity index (χ1n) is 9.16. The monoisotopic (exact) mass is 442 g/mol. The number of hydrogen-bond acceptors (Lipinski definition) is 4. The van der Waals surface area contributed by atoms with Gasteiger partial charge in [0.25, 0.3) is 0 Å². The number of ether oxygens (including phenoxy) is 2. The zero-order chi connectivity index (χ0) is 21.3. The fourth-order valence-electron chi connectivity index (χ4n) is 2.66. The number of amides is 1. The summed E-state index contributed by atoms with van der Waals surface area (Å²) in [6, 6.07) is 20.0. The quantitative estimate of drug-likeness (QED) is 0.381. The van der Waals surface area contributed by atoms with Crippen LogP contribution in [0.15, 0.2) is 71.8 Å². The van der Waals surface area contributed by atoms with E-state index in [1.54, 1.807) is 49.7 Å². The van der Waals surface area contributed by atoms with Gasteiger partial charge in [-0.15, -0.1) is 0 Å². The fraction of sp³-hybridized carbons (Fsp3) is 0.130. The highest BCUT2D eigenvalue weighted by atomic mass is 35.5. The van der Waals surface area contributed by atoms with Crippen molar-refractivity contribution in [3.8, 4) is 11.5 Å². The van der Waals surface area contributed by atoms with Gasteiger partial charge in [-0.3, -0.25) is 4.79 Å².